The highest BCUT2D eigenvalue weighted by Gasteiger charge is 2.26. The molecule has 0 spiro atoms. The quantitative estimate of drug-likeness (QED) is 0.890. The van der Waals surface area contributed by atoms with E-state index in [1.54, 1.807) is 21.7 Å². The Labute approximate surface area is 144 Å². The van der Waals surface area contributed by atoms with Gasteiger partial charge in [-0.3, -0.25) is 0 Å². The zero-order valence-corrected chi connectivity index (χ0v) is 15.4. The maximum atomic E-state index is 12.7. The Balaban J connectivity index is 0.00000176. The third kappa shape index (κ3) is 3.69. The Hall–Kier alpha value is -0.510. The van der Waals surface area contributed by atoms with E-state index in [0.717, 1.165) is 28.5 Å². The molecule has 0 radical (unpaired) electrons. The number of nitrogens with one attached hydrogen (secondary N) is 1. The van der Waals surface area contributed by atoms with Gasteiger partial charge in [-0.1, -0.05) is 0 Å². The van der Waals surface area contributed by atoms with E-state index in [4.69, 9.17) is 0 Å². The summed E-state index contributed by atoms with van der Waals surface area (Å²) in [4.78, 5) is 5.32. The van der Waals surface area contributed by atoms with E-state index in [9.17, 15) is 8.42 Å². The number of thiazole rings is 1. The highest BCUT2D eigenvalue weighted by Crippen LogP contribution is 2.32. The normalized spacial score (nSPS) is 17.0. The molecule has 2 aromatic heterocycles. The smallest absolute Gasteiger partial charge is 0.252 e. The van der Waals surface area contributed by atoms with Gasteiger partial charge in [0.2, 0.25) is 0 Å². The molecule has 1 aliphatic rings. The molecule has 0 amide bonds. The number of aryl methyl sites for hydroxylation is 1. The average molecular weight is 380 g/mol. The molecule has 0 atom stereocenters. The Morgan fingerprint density at radius 2 is 2.09 bits per heavy atom. The van der Waals surface area contributed by atoms with Gasteiger partial charge in [-0.15, -0.1) is 35.1 Å². The van der Waals surface area contributed by atoms with Gasteiger partial charge in [0.05, 0.1) is 15.6 Å². The van der Waals surface area contributed by atoms with Crippen molar-refractivity contribution >= 4 is 45.1 Å². The summed E-state index contributed by atoms with van der Waals surface area (Å²) in [6, 6.07) is 3.55. The van der Waals surface area contributed by atoms with Gasteiger partial charge < -0.3 is 5.32 Å². The summed E-state index contributed by atoms with van der Waals surface area (Å²) < 4.78 is 27.3. The van der Waals surface area contributed by atoms with Crippen molar-refractivity contribution in [1.29, 1.82) is 0 Å². The van der Waals surface area contributed by atoms with E-state index >= 15 is 0 Å². The van der Waals surface area contributed by atoms with Crippen molar-refractivity contribution < 1.29 is 8.42 Å². The minimum absolute atomic E-state index is 0. The second kappa shape index (κ2) is 7.37. The van der Waals surface area contributed by atoms with Gasteiger partial charge in [-0.25, -0.2) is 13.4 Å². The first kappa shape index (κ1) is 17.8. The largest absolute Gasteiger partial charge is 0.315 e. The number of hydrogen-bond acceptors (Lipinski definition) is 6. The summed E-state index contributed by atoms with van der Waals surface area (Å²) in [6.45, 7) is 4.65. The lowest BCUT2D eigenvalue weighted by Gasteiger charge is -2.18. The van der Waals surface area contributed by atoms with Crippen molar-refractivity contribution in [3.8, 4) is 10.6 Å². The number of thiophene rings is 1. The lowest BCUT2D eigenvalue weighted by molar-refractivity contribution is 0.433. The van der Waals surface area contributed by atoms with Crippen LogP contribution in [0.2, 0.25) is 0 Å². The minimum Gasteiger partial charge on any atom is -0.315 e. The van der Waals surface area contributed by atoms with E-state index in [1.807, 2.05) is 18.4 Å². The zero-order valence-electron chi connectivity index (χ0n) is 12.1. The number of halogens is 1. The van der Waals surface area contributed by atoms with Gasteiger partial charge in [0.15, 0.2) is 0 Å². The van der Waals surface area contributed by atoms with Crippen molar-refractivity contribution in [1.82, 2.24) is 14.6 Å². The molecule has 9 heteroatoms. The molecule has 0 aromatic carbocycles. The molecule has 0 saturated carbocycles. The van der Waals surface area contributed by atoms with Gasteiger partial charge in [0, 0.05) is 25.0 Å². The lowest BCUT2D eigenvalue weighted by atomic mass is 10.4. The maximum Gasteiger partial charge on any atom is 0.252 e. The van der Waals surface area contributed by atoms with E-state index in [-0.39, 0.29) is 12.4 Å². The predicted octanol–water partition coefficient (Wildman–Crippen LogP) is 2.59. The molecule has 122 valence electrons. The molecule has 1 fully saturated rings. The summed E-state index contributed by atoms with van der Waals surface area (Å²) in [5, 5.41) is 6.18. The molecule has 1 N–H and O–H groups in total. The third-order valence-electron chi connectivity index (χ3n) is 3.35. The van der Waals surface area contributed by atoms with Crippen molar-refractivity contribution in [3.63, 3.8) is 0 Å². The van der Waals surface area contributed by atoms with Gasteiger partial charge in [-0.2, -0.15) is 4.31 Å². The second-order valence-corrected chi connectivity index (χ2v) is 9.19. The molecule has 0 bridgehead atoms. The number of nitrogens with zero attached hydrogens (tertiary/aromatic N) is 2. The van der Waals surface area contributed by atoms with Crippen LogP contribution < -0.4 is 5.32 Å². The van der Waals surface area contributed by atoms with Crippen LogP contribution in [0, 0.1) is 6.92 Å². The highest BCUT2D eigenvalue weighted by molar-refractivity contribution is 7.91. The molecular weight excluding hydrogens is 362 g/mol. The van der Waals surface area contributed by atoms with Crippen molar-refractivity contribution in [3.05, 3.63) is 22.5 Å². The van der Waals surface area contributed by atoms with Crippen molar-refractivity contribution in [2.45, 2.75) is 17.6 Å². The molecule has 3 heterocycles. The predicted molar refractivity (Wildman–Crippen MR) is 93.7 cm³/mol. The van der Waals surface area contributed by atoms with E-state index < -0.39 is 10.0 Å². The summed E-state index contributed by atoms with van der Waals surface area (Å²) in [5.74, 6) is 0. The number of aromatic nitrogens is 1. The molecule has 1 aliphatic heterocycles. The van der Waals surface area contributed by atoms with Crippen LogP contribution >= 0.6 is 35.1 Å². The van der Waals surface area contributed by atoms with Crippen LogP contribution in [-0.4, -0.2) is 43.9 Å². The molecule has 22 heavy (non-hydrogen) atoms. The van der Waals surface area contributed by atoms with Gasteiger partial charge in [0.25, 0.3) is 10.0 Å². The fraction of sp³-hybridized carbons (Fsp3) is 0.462. The zero-order chi connectivity index (χ0) is 14.9. The van der Waals surface area contributed by atoms with Crippen molar-refractivity contribution in [2.24, 2.45) is 0 Å². The standard InChI is InChI=1S/C13H17N3O2S3.ClH/c1-10-15-11(9-19-10)12-3-4-13(20-12)21(17,18)16-7-2-5-14-6-8-16;/h3-4,9,14H,2,5-8H2,1H3;1H. The van der Waals surface area contributed by atoms with Crippen LogP contribution in [0.15, 0.2) is 21.7 Å². The molecule has 0 aliphatic carbocycles. The van der Waals surface area contributed by atoms with E-state index in [0.29, 0.717) is 23.8 Å². The molecule has 2 aromatic rings. The van der Waals surface area contributed by atoms with E-state index in [2.05, 4.69) is 10.3 Å². The third-order valence-corrected chi connectivity index (χ3v) is 7.59. The molecule has 0 unspecified atom stereocenters. The first-order valence-corrected chi connectivity index (χ1v) is 9.94. The summed E-state index contributed by atoms with van der Waals surface area (Å²) in [7, 11) is -3.38. The molecule has 1 saturated heterocycles. The Kier molecular flexibility index (Phi) is 5.98. The van der Waals surface area contributed by atoms with Crippen LogP contribution in [0.1, 0.15) is 11.4 Å². The van der Waals surface area contributed by atoms with Crippen LogP contribution in [-0.2, 0) is 10.0 Å². The van der Waals surface area contributed by atoms with E-state index in [1.165, 1.54) is 11.3 Å². The monoisotopic (exact) mass is 379 g/mol. The first-order valence-electron chi connectivity index (χ1n) is 6.80. The van der Waals surface area contributed by atoms with Crippen LogP contribution in [0.3, 0.4) is 0 Å². The number of sulfonamides is 1. The molecular formula is C13H18ClN3O2S3. The van der Waals surface area contributed by atoms with Gasteiger partial charge >= 0.3 is 0 Å². The first-order chi connectivity index (χ1) is 10.1. The number of hydrogen-bond donors (Lipinski definition) is 1. The average Bonchev–Trinajstić information content (AvgIpc) is 3.01. The second-order valence-electron chi connectivity index (χ2n) is 4.88. The summed E-state index contributed by atoms with van der Waals surface area (Å²) >= 11 is 2.88. The van der Waals surface area contributed by atoms with Gasteiger partial charge in [0.1, 0.15) is 4.21 Å². The SMILES string of the molecule is Cc1nc(-c2ccc(S(=O)(=O)N3CCCNCC3)s2)cs1.Cl. The molecule has 3 rings (SSSR count). The van der Waals surface area contributed by atoms with Crippen LogP contribution in [0.5, 0.6) is 0 Å². The van der Waals surface area contributed by atoms with Crippen LogP contribution in [0.4, 0.5) is 0 Å². The summed E-state index contributed by atoms with van der Waals surface area (Å²) in [5.41, 5.74) is 0.862. The lowest BCUT2D eigenvalue weighted by Crippen LogP contribution is -2.33. The van der Waals surface area contributed by atoms with Crippen LogP contribution in [0.25, 0.3) is 10.6 Å². The Morgan fingerprint density at radius 1 is 1.27 bits per heavy atom. The van der Waals surface area contributed by atoms with Gasteiger partial charge in [-0.05, 0) is 32.0 Å². The Morgan fingerprint density at radius 3 is 2.82 bits per heavy atom. The summed E-state index contributed by atoms with van der Waals surface area (Å²) in [6.07, 6.45) is 0.850. The fourth-order valence-corrected chi connectivity index (χ4v) is 5.85. The topological polar surface area (TPSA) is 62.3 Å². The van der Waals surface area contributed by atoms with Crippen molar-refractivity contribution in [2.75, 3.05) is 26.2 Å². The Bertz CT molecular complexity index is 718. The highest BCUT2D eigenvalue weighted by atomic mass is 35.5. The fourth-order valence-electron chi connectivity index (χ4n) is 2.26. The number of rotatable bonds is 3. The minimum atomic E-state index is -3.38. The molecule has 5 nitrogen and oxygen atoms in total. The maximum absolute atomic E-state index is 12.7.